The van der Waals surface area contributed by atoms with E-state index in [-0.39, 0.29) is 0 Å². The molecule has 1 atom stereocenters. The molecule has 90 valence electrons. The van der Waals surface area contributed by atoms with Gasteiger partial charge in [0.05, 0.1) is 18.8 Å². The Bertz CT molecular complexity index is 306. The molecule has 0 saturated carbocycles. The summed E-state index contributed by atoms with van der Waals surface area (Å²) in [6.07, 6.45) is 0. The molecule has 0 amide bonds. The molecule has 0 aliphatic rings. The fraction of sp³-hybridized carbons (Fsp3) is 0.538. The molecule has 0 fully saturated rings. The van der Waals surface area contributed by atoms with Crippen LogP contribution in [-0.4, -0.2) is 19.8 Å². The summed E-state index contributed by atoms with van der Waals surface area (Å²) in [6.45, 7) is 7.79. The van der Waals surface area contributed by atoms with Gasteiger partial charge in [0.25, 0.3) is 0 Å². The quantitative estimate of drug-likeness (QED) is 0.804. The Morgan fingerprint density at radius 1 is 1.12 bits per heavy atom. The zero-order valence-electron chi connectivity index (χ0n) is 10.3. The smallest absolute Gasteiger partial charge is 0.119 e. The molecule has 0 aliphatic carbocycles. The van der Waals surface area contributed by atoms with E-state index in [1.807, 2.05) is 45.0 Å². The number of rotatable bonds is 6. The molecule has 0 aromatic heterocycles. The monoisotopic (exact) mass is 223 g/mol. The molecule has 0 heterocycles. The highest BCUT2D eigenvalue weighted by Gasteiger charge is 2.21. The lowest BCUT2D eigenvalue weighted by Crippen LogP contribution is -2.38. The van der Waals surface area contributed by atoms with E-state index in [9.17, 15) is 0 Å². The second kappa shape index (κ2) is 5.87. The van der Waals surface area contributed by atoms with Gasteiger partial charge in [0.1, 0.15) is 5.75 Å². The van der Waals surface area contributed by atoms with Gasteiger partial charge >= 0.3 is 0 Å². The molecule has 1 rings (SSSR count). The lowest BCUT2D eigenvalue weighted by molar-refractivity contribution is 0.101. The molecule has 1 aromatic rings. The van der Waals surface area contributed by atoms with Crippen LogP contribution >= 0.6 is 0 Å². The van der Waals surface area contributed by atoms with Crippen LogP contribution in [0.4, 0.5) is 0 Å². The summed E-state index contributed by atoms with van der Waals surface area (Å²) < 4.78 is 10.8. The molecule has 3 nitrogen and oxygen atoms in total. The highest BCUT2D eigenvalue weighted by molar-refractivity contribution is 5.31. The van der Waals surface area contributed by atoms with Crippen molar-refractivity contribution in [3.8, 4) is 5.75 Å². The molecular weight excluding hydrogens is 202 g/mol. The van der Waals surface area contributed by atoms with Crippen molar-refractivity contribution in [1.29, 1.82) is 0 Å². The van der Waals surface area contributed by atoms with Gasteiger partial charge in [-0.1, -0.05) is 12.1 Å². The van der Waals surface area contributed by atoms with E-state index in [0.717, 1.165) is 11.3 Å². The largest absolute Gasteiger partial charge is 0.494 e. The first-order valence-corrected chi connectivity index (χ1v) is 5.70. The van der Waals surface area contributed by atoms with Crippen molar-refractivity contribution in [2.45, 2.75) is 26.3 Å². The summed E-state index contributed by atoms with van der Waals surface area (Å²) in [6, 6.07) is 7.86. The van der Waals surface area contributed by atoms with Gasteiger partial charge in [0.2, 0.25) is 0 Å². The molecule has 0 saturated heterocycles. The fourth-order valence-electron chi connectivity index (χ4n) is 1.50. The third kappa shape index (κ3) is 3.51. The van der Waals surface area contributed by atoms with Gasteiger partial charge in [-0.05, 0) is 38.5 Å². The Hall–Kier alpha value is -1.06. The summed E-state index contributed by atoms with van der Waals surface area (Å²) in [4.78, 5) is 0. The van der Waals surface area contributed by atoms with Gasteiger partial charge < -0.3 is 15.2 Å². The summed E-state index contributed by atoms with van der Waals surface area (Å²) >= 11 is 0. The SMILES string of the molecule is CCOCC(C)(N)c1ccc(OCC)cc1. The molecule has 2 N–H and O–H groups in total. The number of hydrogen-bond donors (Lipinski definition) is 1. The van der Waals surface area contributed by atoms with Gasteiger partial charge in [-0.3, -0.25) is 0 Å². The third-order valence-electron chi connectivity index (χ3n) is 2.43. The van der Waals surface area contributed by atoms with E-state index >= 15 is 0 Å². The van der Waals surface area contributed by atoms with Crippen LogP contribution in [0.15, 0.2) is 24.3 Å². The lowest BCUT2D eigenvalue weighted by atomic mass is 9.94. The van der Waals surface area contributed by atoms with Crippen LogP contribution in [0.25, 0.3) is 0 Å². The van der Waals surface area contributed by atoms with E-state index in [1.165, 1.54) is 0 Å². The molecule has 0 radical (unpaired) electrons. The van der Waals surface area contributed by atoms with E-state index in [2.05, 4.69) is 0 Å². The average Bonchev–Trinajstić information content (AvgIpc) is 2.28. The molecule has 1 unspecified atom stereocenters. The van der Waals surface area contributed by atoms with Crippen LogP contribution in [0.3, 0.4) is 0 Å². The van der Waals surface area contributed by atoms with E-state index in [4.69, 9.17) is 15.2 Å². The van der Waals surface area contributed by atoms with E-state index < -0.39 is 5.54 Å². The van der Waals surface area contributed by atoms with Gasteiger partial charge in [0, 0.05) is 6.61 Å². The van der Waals surface area contributed by atoms with Crippen LogP contribution < -0.4 is 10.5 Å². The Morgan fingerprint density at radius 2 is 1.75 bits per heavy atom. The minimum absolute atomic E-state index is 0.444. The minimum atomic E-state index is -0.444. The predicted octanol–water partition coefficient (Wildman–Crippen LogP) is 2.30. The van der Waals surface area contributed by atoms with Gasteiger partial charge in [0.15, 0.2) is 0 Å². The van der Waals surface area contributed by atoms with Crippen LogP contribution in [0.5, 0.6) is 5.75 Å². The molecule has 3 heteroatoms. The fourth-order valence-corrected chi connectivity index (χ4v) is 1.50. The van der Waals surface area contributed by atoms with E-state index in [0.29, 0.717) is 19.8 Å². The predicted molar refractivity (Wildman–Crippen MR) is 65.6 cm³/mol. The van der Waals surface area contributed by atoms with Crippen molar-refractivity contribution < 1.29 is 9.47 Å². The maximum absolute atomic E-state index is 6.18. The van der Waals surface area contributed by atoms with E-state index in [1.54, 1.807) is 0 Å². The second-order valence-electron chi connectivity index (χ2n) is 4.01. The zero-order chi connectivity index (χ0) is 12.0. The Kier molecular flexibility index (Phi) is 4.77. The van der Waals surface area contributed by atoms with Crippen molar-refractivity contribution >= 4 is 0 Å². The second-order valence-corrected chi connectivity index (χ2v) is 4.01. The van der Waals surface area contributed by atoms with Crippen molar-refractivity contribution in [3.05, 3.63) is 29.8 Å². The lowest BCUT2D eigenvalue weighted by Gasteiger charge is -2.25. The summed E-state index contributed by atoms with van der Waals surface area (Å²) in [5, 5.41) is 0. The number of hydrogen-bond acceptors (Lipinski definition) is 3. The summed E-state index contributed by atoms with van der Waals surface area (Å²) in [5.74, 6) is 0.874. The number of ether oxygens (including phenoxy) is 2. The number of nitrogens with two attached hydrogens (primary N) is 1. The molecular formula is C13H21NO2. The zero-order valence-corrected chi connectivity index (χ0v) is 10.3. The first kappa shape index (κ1) is 13.0. The van der Waals surface area contributed by atoms with Gasteiger partial charge in [-0.2, -0.15) is 0 Å². The van der Waals surface area contributed by atoms with Gasteiger partial charge in [-0.25, -0.2) is 0 Å². The highest BCUT2D eigenvalue weighted by atomic mass is 16.5. The van der Waals surface area contributed by atoms with Crippen molar-refractivity contribution in [1.82, 2.24) is 0 Å². The van der Waals surface area contributed by atoms with Crippen molar-refractivity contribution in [2.75, 3.05) is 19.8 Å². The normalized spacial score (nSPS) is 14.5. The van der Waals surface area contributed by atoms with Crippen LogP contribution in [0.2, 0.25) is 0 Å². The molecule has 0 aliphatic heterocycles. The summed E-state index contributed by atoms with van der Waals surface area (Å²) in [5.41, 5.74) is 6.80. The third-order valence-corrected chi connectivity index (χ3v) is 2.43. The van der Waals surface area contributed by atoms with Crippen LogP contribution in [0, 0.1) is 0 Å². The van der Waals surface area contributed by atoms with Crippen LogP contribution in [-0.2, 0) is 10.3 Å². The van der Waals surface area contributed by atoms with Crippen LogP contribution in [0.1, 0.15) is 26.3 Å². The first-order valence-electron chi connectivity index (χ1n) is 5.70. The molecule has 1 aromatic carbocycles. The van der Waals surface area contributed by atoms with Crippen molar-refractivity contribution in [2.24, 2.45) is 5.73 Å². The topological polar surface area (TPSA) is 44.5 Å². The summed E-state index contributed by atoms with van der Waals surface area (Å²) in [7, 11) is 0. The molecule has 0 spiro atoms. The number of benzene rings is 1. The standard InChI is InChI=1S/C13H21NO2/c1-4-15-10-13(3,14)11-6-8-12(9-7-11)16-5-2/h6-9H,4-5,10,14H2,1-3H3. The minimum Gasteiger partial charge on any atom is -0.494 e. The molecule has 0 bridgehead atoms. The van der Waals surface area contributed by atoms with Crippen molar-refractivity contribution in [3.63, 3.8) is 0 Å². The van der Waals surface area contributed by atoms with Gasteiger partial charge in [-0.15, -0.1) is 0 Å². The maximum Gasteiger partial charge on any atom is 0.119 e. The first-order chi connectivity index (χ1) is 7.60. The Labute approximate surface area is 97.6 Å². The Balaban J connectivity index is 2.71. The Morgan fingerprint density at radius 3 is 2.25 bits per heavy atom. The maximum atomic E-state index is 6.18. The highest BCUT2D eigenvalue weighted by Crippen LogP contribution is 2.21. The molecule has 16 heavy (non-hydrogen) atoms. The average molecular weight is 223 g/mol.